The summed E-state index contributed by atoms with van der Waals surface area (Å²) >= 11 is 0. The summed E-state index contributed by atoms with van der Waals surface area (Å²) in [5, 5.41) is 0. The molecule has 2 aliphatic heterocycles. The summed E-state index contributed by atoms with van der Waals surface area (Å²) < 4.78 is 64.3. The number of rotatable bonds is 3. The van der Waals surface area contributed by atoms with E-state index in [4.69, 9.17) is 0 Å². The van der Waals surface area contributed by atoms with Crippen LogP contribution in [0.1, 0.15) is 34.8 Å². The van der Waals surface area contributed by atoms with E-state index < -0.39 is 15.6 Å². The second-order valence-electron chi connectivity index (χ2n) is 5.71. The number of carbonyl (C=O) groups is 1. The Kier molecular flexibility index (Phi) is 3.86. The van der Waals surface area contributed by atoms with Gasteiger partial charge in [-0.3, -0.25) is 4.79 Å². The van der Waals surface area contributed by atoms with E-state index in [9.17, 15) is 26.4 Å². The molecule has 1 aromatic rings. The van der Waals surface area contributed by atoms with Crippen molar-refractivity contribution in [3.8, 4) is 0 Å². The van der Waals surface area contributed by atoms with Crippen LogP contribution >= 0.6 is 0 Å². The predicted octanol–water partition coefficient (Wildman–Crippen LogP) is 2.86. The lowest BCUT2D eigenvalue weighted by atomic mass is 10.0. The van der Waals surface area contributed by atoms with Gasteiger partial charge in [-0.15, -0.1) is 0 Å². The van der Waals surface area contributed by atoms with Crippen LogP contribution in [0, 0.1) is 0 Å². The molecule has 1 aromatic carbocycles. The number of ketones is 1. The van der Waals surface area contributed by atoms with Crippen LogP contribution in [-0.4, -0.2) is 32.8 Å². The minimum absolute atomic E-state index is 0.0266. The number of benzene rings is 1. The maximum absolute atomic E-state index is 12.5. The SMILES string of the molecule is CC(=O)c1cc2c3c(c1)CCN3CCC(OS(=O)(=O)C(F)(F)F)=C2. The van der Waals surface area contributed by atoms with Crippen molar-refractivity contribution in [2.75, 3.05) is 18.0 Å². The van der Waals surface area contributed by atoms with Gasteiger partial charge in [0.2, 0.25) is 0 Å². The minimum Gasteiger partial charge on any atom is -0.380 e. The van der Waals surface area contributed by atoms with Crippen molar-refractivity contribution < 1.29 is 30.6 Å². The monoisotopic (exact) mass is 361 g/mol. The van der Waals surface area contributed by atoms with Crippen molar-refractivity contribution in [3.63, 3.8) is 0 Å². The fourth-order valence-electron chi connectivity index (χ4n) is 2.94. The first-order valence-electron chi connectivity index (χ1n) is 7.22. The molecule has 0 amide bonds. The molecule has 0 aliphatic carbocycles. The first-order valence-corrected chi connectivity index (χ1v) is 8.63. The second kappa shape index (κ2) is 5.51. The van der Waals surface area contributed by atoms with E-state index in [1.165, 1.54) is 13.0 Å². The van der Waals surface area contributed by atoms with Crippen molar-refractivity contribution >= 4 is 27.7 Å². The maximum Gasteiger partial charge on any atom is 0.534 e. The summed E-state index contributed by atoms with van der Waals surface area (Å²) in [5.41, 5.74) is -2.80. The normalized spacial score (nSPS) is 17.2. The molecule has 0 atom stereocenters. The highest BCUT2D eigenvalue weighted by molar-refractivity contribution is 7.87. The van der Waals surface area contributed by atoms with Crippen LogP contribution in [0.5, 0.6) is 0 Å². The zero-order chi connectivity index (χ0) is 17.7. The molecule has 9 heteroatoms. The van der Waals surface area contributed by atoms with Crippen molar-refractivity contribution in [2.45, 2.75) is 25.3 Å². The van der Waals surface area contributed by atoms with Gasteiger partial charge < -0.3 is 9.08 Å². The number of alkyl halides is 3. The van der Waals surface area contributed by atoms with Crippen molar-refractivity contribution in [1.82, 2.24) is 0 Å². The molecule has 0 saturated carbocycles. The number of halogens is 3. The highest BCUT2D eigenvalue weighted by Gasteiger charge is 2.49. The van der Waals surface area contributed by atoms with Crippen LogP contribution < -0.4 is 4.90 Å². The Hall–Kier alpha value is -2.03. The summed E-state index contributed by atoms with van der Waals surface area (Å²) in [4.78, 5) is 13.6. The fraction of sp³-hybridized carbons (Fsp3) is 0.400. The lowest BCUT2D eigenvalue weighted by Crippen LogP contribution is -2.26. The van der Waals surface area contributed by atoms with Gasteiger partial charge in [-0.05, 0) is 37.1 Å². The summed E-state index contributed by atoms with van der Waals surface area (Å²) in [6.07, 6.45) is 2.03. The first kappa shape index (κ1) is 16.8. The van der Waals surface area contributed by atoms with Crippen LogP contribution in [0.3, 0.4) is 0 Å². The predicted molar refractivity (Wildman–Crippen MR) is 81.0 cm³/mol. The molecule has 0 spiro atoms. The van der Waals surface area contributed by atoms with E-state index in [1.54, 1.807) is 12.1 Å². The van der Waals surface area contributed by atoms with Gasteiger partial charge in [-0.25, -0.2) is 0 Å². The summed E-state index contributed by atoms with van der Waals surface area (Å²) in [5.74, 6) is -0.458. The standard InChI is InChI=1S/C15H14F3NO4S/c1-9(20)11-6-10-2-4-19-5-3-13(8-12(7-11)14(10)19)23-24(21,22)15(16,17)18/h6-8H,2-5H2,1H3. The smallest absolute Gasteiger partial charge is 0.380 e. The highest BCUT2D eigenvalue weighted by atomic mass is 32.2. The summed E-state index contributed by atoms with van der Waals surface area (Å²) in [6, 6.07) is 3.32. The number of anilines is 1. The number of carbonyl (C=O) groups excluding carboxylic acids is 1. The van der Waals surface area contributed by atoms with Gasteiger partial charge in [0, 0.05) is 36.3 Å². The van der Waals surface area contributed by atoms with Crippen molar-refractivity contribution in [3.05, 3.63) is 34.6 Å². The molecule has 0 unspecified atom stereocenters. The second-order valence-corrected chi connectivity index (χ2v) is 7.25. The van der Waals surface area contributed by atoms with Crippen molar-refractivity contribution in [2.24, 2.45) is 0 Å². The van der Waals surface area contributed by atoms with Gasteiger partial charge in [-0.1, -0.05) is 0 Å². The molecule has 0 bridgehead atoms. The summed E-state index contributed by atoms with van der Waals surface area (Å²) in [7, 11) is -5.71. The molecule has 24 heavy (non-hydrogen) atoms. The molecular formula is C15H14F3NO4S. The van der Waals surface area contributed by atoms with E-state index in [-0.39, 0.29) is 18.0 Å². The Morgan fingerprint density at radius 2 is 1.88 bits per heavy atom. The molecule has 5 nitrogen and oxygen atoms in total. The molecule has 0 fully saturated rings. The Balaban J connectivity index is 2.05. The third-order valence-electron chi connectivity index (χ3n) is 4.04. The van der Waals surface area contributed by atoms with Crippen LogP contribution in [0.15, 0.2) is 17.9 Å². The van der Waals surface area contributed by atoms with Crippen LogP contribution in [0.2, 0.25) is 0 Å². The molecule has 0 radical (unpaired) electrons. The van der Waals surface area contributed by atoms with Gasteiger partial charge in [0.15, 0.2) is 5.78 Å². The molecular weight excluding hydrogens is 347 g/mol. The van der Waals surface area contributed by atoms with E-state index >= 15 is 0 Å². The molecule has 0 aromatic heterocycles. The molecule has 2 heterocycles. The van der Waals surface area contributed by atoms with Gasteiger partial charge >= 0.3 is 15.6 Å². The number of Topliss-reactive ketones (excluding diaryl/α,β-unsaturated/α-hetero) is 1. The van der Waals surface area contributed by atoms with Crippen molar-refractivity contribution in [1.29, 1.82) is 0 Å². The van der Waals surface area contributed by atoms with Crippen LogP contribution in [-0.2, 0) is 20.7 Å². The third kappa shape index (κ3) is 2.88. The molecule has 2 aliphatic rings. The summed E-state index contributed by atoms with van der Waals surface area (Å²) in [6.45, 7) is 2.41. The lowest BCUT2D eigenvalue weighted by Gasteiger charge is -2.19. The molecule has 0 saturated heterocycles. The maximum atomic E-state index is 12.5. The average Bonchev–Trinajstić information content (AvgIpc) is 2.77. The van der Waals surface area contributed by atoms with E-state index in [1.807, 2.05) is 4.90 Å². The zero-order valence-corrected chi connectivity index (χ0v) is 13.5. The zero-order valence-electron chi connectivity index (χ0n) is 12.7. The van der Waals surface area contributed by atoms with Crippen LogP contribution in [0.4, 0.5) is 18.9 Å². The fourth-order valence-corrected chi connectivity index (χ4v) is 3.45. The highest BCUT2D eigenvalue weighted by Crippen LogP contribution is 2.38. The molecule has 3 rings (SSSR count). The van der Waals surface area contributed by atoms with Gasteiger partial charge in [0.05, 0.1) is 0 Å². The first-order chi connectivity index (χ1) is 11.1. The van der Waals surface area contributed by atoms with Gasteiger partial charge in [0.25, 0.3) is 0 Å². The topological polar surface area (TPSA) is 63.7 Å². The number of hydrogen-bond donors (Lipinski definition) is 0. The van der Waals surface area contributed by atoms with E-state index in [2.05, 4.69) is 4.18 Å². The molecule has 130 valence electrons. The van der Waals surface area contributed by atoms with E-state index in [0.717, 1.165) is 17.7 Å². The van der Waals surface area contributed by atoms with Gasteiger partial charge in [-0.2, -0.15) is 21.6 Å². The third-order valence-corrected chi connectivity index (χ3v) is 5.04. The lowest BCUT2D eigenvalue weighted by molar-refractivity contribution is -0.0522. The number of hydrogen-bond acceptors (Lipinski definition) is 5. The Morgan fingerprint density at radius 1 is 1.21 bits per heavy atom. The minimum atomic E-state index is -5.71. The molecule has 0 N–H and O–H groups in total. The quantitative estimate of drug-likeness (QED) is 0.471. The largest absolute Gasteiger partial charge is 0.534 e. The van der Waals surface area contributed by atoms with Crippen LogP contribution in [0.25, 0.3) is 6.08 Å². The van der Waals surface area contributed by atoms with E-state index in [0.29, 0.717) is 24.2 Å². The Morgan fingerprint density at radius 3 is 2.50 bits per heavy atom. The average molecular weight is 361 g/mol. The Bertz CT molecular complexity index is 843. The Labute approximate surface area is 136 Å². The number of nitrogens with zero attached hydrogens (tertiary/aromatic N) is 1. The van der Waals surface area contributed by atoms with Gasteiger partial charge in [0.1, 0.15) is 5.76 Å².